The van der Waals surface area contributed by atoms with Crippen molar-refractivity contribution in [1.29, 1.82) is 0 Å². The molecule has 0 unspecified atom stereocenters. The van der Waals surface area contributed by atoms with E-state index in [0.29, 0.717) is 18.9 Å². The van der Waals surface area contributed by atoms with Crippen LogP contribution >= 0.6 is 0 Å². The van der Waals surface area contributed by atoms with Gasteiger partial charge in [-0.05, 0) is 59.8 Å². The van der Waals surface area contributed by atoms with Crippen molar-refractivity contribution in [1.82, 2.24) is 44.6 Å². The van der Waals surface area contributed by atoms with Crippen LogP contribution in [0.25, 0.3) is 33.6 Å². The summed E-state index contributed by atoms with van der Waals surface area (Å²) in [6, 6.07) is 15.1. The van der Waals surface area contributed by atoms with Crippen LogP contribution in [0.3, 0.4) is 0 Å². The molecule has 14 nitrogen and oxygen atoms in total. The number of H-pyrrole nitrogens is 2. The van der Waals surface area contributed by atoms with Gasteiger partial charge in [0.15, 0.2) is 0 Å². The summed E-state index contributed by atoms with van der Waals surface area (Å²) >= 11 is 0. The number of nitrogens with one attached hydrogen (secondary N) is 3. The molecule has 5 aromatic rings. The van der Waals surface area contributed by atoms with Crippen LogP contribution in [0.5, 0.6) is 0 Å². The first-order chi connectivity index (χ1) is 27.0. The van der Waals surface area contributed by atoms with E-state index in [1.165, 1.54) is 13.4 Å². The molecule has 5 heterocycles. The van der Waals surface area contributed by atoms with Crippen molar-refractivity contribution in [3.63, 3.8) is 0 Å². The summed E-state index contributed by atoms with van der Waals surface area (Å²) in [4.78, 5) is 68.5. The first-order valence-corrected chi connectivity index (χ1v) is 19.4. The second kappa shape index (κ2) is 16.4. The molecule has 2 saturated heterocycles. The Hall–Kier alpha value is -6.05. The zero-order valence-electron chi connectivity index (χ0n) is 32.5. The molecule has 4 N–H and O–H groups in total. The fraction of sp³-hybridized carbons (Fsp3) is 0.405. The maximum absolute atomic E-state index is 13.8. The van der Waals surface area contributed by atoms with E-state index in [4.69, 9.17) is 4.98 Å². The predicted molar refractivity (Wildman–Crippen MR) is 213 cm³/mol. The molecule has 0 spiro atoms. The summed E-state index contributed by atoms with van der Waals surface area (Å²) in [6.07, 6.45) is 10.7. The number of nitrogens with zero attached hydrogens (tertiary/aromatic N) is 7. The van der Waals surface area contributed by atoms with E-state index < -0.39 is 18.2 Å². The quantitative estimate of drug-likeness (QED) is 0.104. The summed E-state index contributed by atoms with van der Waals surface area (Å²) in [5, 5.41) is 12.9. The second-order valence-corrected chi connectivity index (χ2v) is 15.5. The lowest BCUT2D eigenvalue weighted by Crippen LogP contribution is -2.51. The highest BCUT2D eigenvalue weighted by molar-refractivity contribution is 5.86. The third-order valence-electron chi connectivity index (χ3n) is 11.0. The molecule has 3 aromatic heterocycles. The number of rotatable bonds is 12. The average molecular weight is 759 g/mol. The Morgan fingerprint density at radius 2 is 1.18 bits per heavy atom. The molecule has 2 aliphatic rings. The fourth-order valence-corrected chi connectivity index (χ4v) is 8.05. The minimum Gasteiger partial charge on any atom is -0.465 e. The van der Waals surface area contributed by atoms with E-state index >= 15 is 0 Å². The van der Waals surface area contributed by atoms with Gasteiger partial charge in [-0.2, -0.15) is 0 Å². The number of carbonyl (C=O) groups is 3. The van der Waals surface area contributed by atoms with Crippen LogP contribution in [0.15, 0.2) is 79.6 Å². The maximum Gasteiger partial charge on any atom is 0.407 e. The van der Waals surface area contributed by atoms with Crippen LogP contribution < -0.4 is 5.32 Å². The molecule has 3 amide bonds. The highest BCUT2D eigenvalue weighted by atomic mass is 16.4. The monoisotopic (exact) mass is 758 g/mol. The lowest BCUT2D eigenvalue weighted by Gasteiger charge is -2.33. The fourth-order valence-electron chi connectivity index (χ4n) is 8.05. The molecule has 2 fully saturated rings. The summed E-state index contributed by atoms with van der Waals surface area (Å²) in [7, 11) is 1.45. The van der Waals surface area contributed by atoms with Gasteiger partial charge in [0.05, 0.1) is 53.9 Å². The van der Waals surface area contributed by atoms with Crippen LogP contribution in [0.4, 0.5) is 10.5 Å². The first-order valence-electron chi connectivity index (χ1n) is 19.4. The second-order valence-electron chi connectivity index (χ2n) is 15.5. The molecule has 2 aliphatic heterocycles. The smallest absolute Gasteiger partial charge is 0.407 e. The molecule has 0 aliphatic carbocycles. The Morgan fingerprint density at radius 3 is 1.62 bits per heavy atom. The molecule has 0 radical (unpaired) electrons. The molecule has 56 heavy (non-hydrogen) atoms. The standard InChI is InChI=1S/C42H50N10O4/c1-25(2)36(47-31-20-43-24-44-21-31)40(53)51-18-6-8-34(51)38-45-22-32(48-38)29-14-10-27(11-15-29)28-12-16-30(17-13-28)33-23-46-39(49-33)35-9-7-19-52(35)41(54)37(26(3)4)50(5)42(55)56/h10-17,20-26,34-37,47H,6-9,18-19H2,1-5H3,(H,45,48)(H,46,49)(H,55,56)/t34-,35-,36-,37-/m0/s1. The van der Waals surface area contributed by atoms with Crippen molar-refractivity contribution >= 4 is 23.6 Å². The van der Waals surface area contributed by atoms with Gasteiger partial charge in [0.2, 0.25) is 11.8 Å². The average Bonchev–Trinajstić information content (AvgIpc) is 4.04. The SMILES string of the molecule is CC(C)[C@H](Nc1cncnc1)C(=O)N1CCC[C@H]1c1ncc(-c2ccc(-c3ccc(-c4cnc([C@@H]5CCCN5C(=O)[C@H](C(C)C)N(C)C(=O)O)[nH]4)cc3)cc2)[nH]1. The van der Waals surface area contributed by atoms with E-state index in [1.807, 2.05) is 38.8 Å². The molecular weight excluding hydrogens is 709 g/mol. The van der Waals surface area contributed by atoms with Gasteiger partial charge in [-0.1, -0.05) is 76.2 Å². The van der Waals surface area contributed by atoms with Crippen molar-refractivity contribution in [2.75, 3.05) is 25.5 Å². The zero-order valence-corrected chi connectivity index (χ0v) is 32.5. The van der Waals surface area contributed by atoms with Crippen molar-refractivity contribution < 1.29 is 19.5 Å². The number of likely N-dealkylation sites (tertiary alicyclic amines) is 2. The molecule has 0 bridgehead atoms. The van der Waals surface area contributed by atoms with Gasteiger partial charge in [0, 0.05) is 20.1 Å². The van der Waals surface area contributed by atoms with E-state index in [2.05, 4.69) is 78.8 Å². The van der Waals surface area contributed by atoms with Gasteiger partial charge >= 0.3 is 6.09 Å². The summed E-state index contributed by atoms with van der Waals surface area (Å²) < 4.78 is 0. The zero-order chi connectivity index (χ0) is 39.5. The highest BCUT2D eigenvalue weighted by Gasteiger charge is 2.40. The van der Waals surface area contributed by atoms with Crippen molar-refractivity contribution in [3.05, 3.63) is 91.3 Å². The molecule has 292 valence electrons. The Balaban J connectivity index is 1.00. The summed E-state index contributed by atoms with van der Waals surface area (Å²) in [6.45, 7) is 9.05. The van der Waals surface area contributed by atoms with Crippen molar-refractivity contribution in [2.45, 2.75) is 77.5 Å². The van der Waals surface area contributed by atoms with E-state index in [1.54, 1.807) is 23.5 Å². The third-order valence-corrected chi connectivity index (χ3v) is 11.0. The van der Waals surface area contributed by atoms with Crippen LogP contribution in [-0.2, 0) is 9.59 Å². The van der Waals surface area contributed by atoms with Gasteiger partial charge in [-0.15, -0.1) is 0 Å². The number of aromatic nitrogens is 6. The topological polar surface area (TPSA) is 176 Å². The first kappa shape index (κ1) is 38.2. The van der Waals surface area contributed by atoms with Gasteiger partial charge in [-0.25, -0.2) is 24.7 Å². The van der Waals surface area contributed by atoms with Gasteiger partial charge < -0.3 is 30.2 Å². The Labute approximate surface area is 326 Å². The van der Waals surface area contributed by atoms with Crippen LogP contribution in [-0.4, -0.2) is 99.8 Å². The van der Waals surface area contributed by atoms with Crippen LogP contribution in [0.2, 0.25) is 0 Å². The van der Waals surface area contributed by atoms with Crippen molar-refractivity contribution in [2.24, 2.45) is 11.8 Å². The molecule has 0 saturated carbocycles. The Kier molecular flexibility index (Phi) is 11.2. The minimum absolute atomic E-state index is 0.0440. The number of imidazole rings is 2. The molecule has 7 rings (SSSR count). The van der Waals surface area contributed by atoms with Gasteiger partial charge in [0.25, 0.3) is 0 Å². The van der Waals surface area contributed by atoms with E-state index in [0.717, 1.165) is 75.7 Å². The number of carboxylic acid groups (broad SMARTS) is 1. The van der Waals surface area contributed by atoms with E-state index in [9.17, 15) is 19.5 Å². The molecule has 14 heteroatoms. The molecular formula is C42H50N10O4. The van der Waals surface area contributed by atoms with E-state index in [-0.39, 0.29) is 35.7 Å². The van der Waals surface area contributed by atoms with Gasteiger partial charge in [-0.3, -0.25) is 14.5 Å². The number of benzene rings is 2. The number of amides is 3. The molecule has 4 atom stereocenters. The summed E-state index contributed by atoms with van der Waals surface area (Å²) in [5.41, 5.74) is 6.57. The number of anilines is 1. The number of carbonyl (C=O) groups excluding carboxylic acids is 2. The largest absolute Gasteiger partial charge is 0.465 e. The molecule has 2 aromatic carbocycles. The maximum atomic E-state index is 13.8. The highest BCUT2D eigenvalue weighted by Crippen LogP contribution is 2.35. The lowest BCUT2D eigenvalue weighted by molar-refractivity contribution is -0.138. The lowest BCUT2D eigenvalue weighted by atomic mass is 10.0. The Morgan fingerprint density at radius 1 is 0.714 bits per heavy atom. The normalized spacial score (nSPS) is 18.1. The Bertz CT molecular complexity index is 2130. The number of hydrogen-bond acceptors (Lipinski definition) is 8. The summed E-state index contributed by atoms with van der Waals surface area (Å²) in [5.74, 6) is 1.24. The number of hydrogen-bond donors (Lipinski definition) is 4. The minimum atomic E-state index is -1.12. The third kappa shape index (κ3) is 7.86. The van der Waals surface area contributed by atoms with Crippen molar-refractivity contribution in [3.8, 4) is 33.6 Å². The van der Waals surface area contributed by atoms with Crippen LogP contribution in [0, 0.1) is 11.8 Å². The number of likely N-dealkylation sites (N-methyl/N-ethyl adjacent to an activating group) is 1. The number of aromatic amines is 2. The predicted octanol–water partition coefficient (Wildman–Crippen LogP) is 7.02. The van der Waals surface area contributed by atoms with Crippen LogP contribution in [0.1, 0.15) is 77.1 Å². The van der Waals surface area contributed by atoms with Gasteiger partial charge in [0.1, 0.15) is 30.1 Å².